The molecule has 0 unspecified atom stereocenters. The molecule has 0 saturated carbocycles. The monoisotopic (exact) mass is 262 g/mol. The lowest BCUT2D eigenvalue weighted by molar-refractivity contribution is 0.0952. The van der Waals surface area contributed by atoms with Crippen LogP contribution in [0.5, 0.6) is 0 Å². The highest BCUT2D eigenvalue weighted by molar-refractivity contribution is 5.97. The van der Waals surface area contributed by atoms with Gasteiger partial charge in [0.1, 0.15) is 0 Å². The molecule has 0 aliphatic heterocycles. The minimum absolute atomic E-state index is 0.122. The number of aromatic amines is 2. The topological polar surface area (TPSA) is 81.0 Å². The third-order valence-corrected chi connectivity index (χ3v) is 2.85. The van der Waals surface area contributed by atoms with Crippen molar-refractivity contribution in [2.45, 2.75) is 6.42 Å². The van der Waals surface area contributed by atoms with Crippen molar-refractivity contribution in [3.8, 4) is 0 Å². The fraction of sp³-hybridized carbons (Fsp3) is 0.385. The van der Waals surface area contributed by atoms with E-state index in [4.69, 9.17) is 0 Å². The Morgan fingerprint density at radius 2 is 2.00 bits per heavy atom. The van der Waals surface area contributed by atoms with Gasteiger partial charge < -0.3 is 20.2 Å². The summed E-state index contributed by atoms with van der Waals surface area (Å²) in [4.78, 5) is 30.4. The first-order chi connectivity index (χ1) is 9.06. The Labute approximate surface area is 110 Å². The third-order valence-electron chi connectivity index (χ3n) is 2.85. The summed E-state index contributed by atoms with van der Waals surface area (Å²) in [5.74, 6) is -0.122. The molecule has 1 heterocycles. The standard InChI is InChI=1S/C13H18N4O2/c1-17(2)7-3-6-14-12(18)9-4-5-10-11(8-9)16-13(19)15-10/h4-5,8H,3,6-7H2,1-2H3,(H,14,18)(H2,15,16,19). The van der Waals surface area contributed by atoms with Gasteiger partial charge in [-0.15, -0.1) is 0 Å². The number of nitrogens with zero attached hydrogens (tertiary/aromatic N) is 1. The number of aromatic nitrogens is 2. The summed E-state index contributed by atoms with van der Waals surface area (Å²) in [6.45, 7) is 1.57. The van der Waals surface area contributed by atoms with Crippen LogP contribution < -0.4 is 11.0 Å². The Morgan fingerprint density at radius 1 is 1.26 bits per heavy atom. The summed E-state index contributed by atoms with van der Waals surface area (Å²) >= 11 is 0. The Kier molecular flexibility index (Phi) is 4.01. The number of hydrogen-bond acceptors (Lipinski definition) is 3. The van der Waals surface area contributed by atoms with Crippen molar-refractivity contribution < 1.29 is 4.79 Å². The zero-order chi connectivity index (χ0) is 13.8. The number of fused-ring (bicyclic) bond motifs is 1. The third kappa shape index (κ3) is 3.45. The largest absolute Gasteiger partial charge is 0.352 e. The molecule has 1 amide bonds. The molecule has 0 saturated heterocycles. The second-order valence-electron chi connectivity index (χ2n) is 4.75. The number of hydrogen-bond donors (Lipinski definition) is 3. The number of benzene rings is 1. The van der Waals surface area contributed by atoms with Crippen LogP contribution in [0, 0.1) is 0 Å². The van der Waals surface area contributed by atoms with E-state index in [-0.39, 0.29) is 11.6 Å². The lowest BCUT2D eigenvalue weighted by Gasteiger charge is -2.09. The van der Waals surface area contributed by atoms with E-state index < -0.39 is 0 Å². The van der Waals surface area contributed by atoms with E-state index >= 15 is 0 Å². The predicted octanol–water partition coefficient (Wildman–Crippen LogP) is 0.538. The predicted molar refractivity (Wildman–Crippen MR) is 74.4 cm³/mol. The van der Waals surface area contributed by atoms with Gasteiger partial charge in [-0.05, 0) is 45.3 Å². The van der Waals surface area contributed by atoms with E-state index in [1.165, 1.54) is 0 Å². The number of carbonyl (C=O) groups is 1. The minimum Gasteiger partial charge on any atom is -0.352 e. The maximum absolute atomic E-state index is 11.9. The first-order valence-corrected chi connectivity index (χ1v) is 6.21. The average molecular weight is 262 g/mol. The summed E-state index contributed by atoms with van der Waals surface area (Å²) in [6.07, 6.45) is 0.905. The van der Waals surface area contributed by atoms with E-state index in [9.17, 15) is 9.59 Å². The number of nitrogens with one attached hydrogen (secondary N) is 3. The van der Waals surface area contributed by atoms with Crippen LogP contribution in [0.3, 0.4) is 0 Å². The van der Waals surface area contributed by atoms with Crippen molar-refractivity contribution in [3.05, 3.63) is 34.2 Å². The molecule has 1 aromatic carbocycles. The SMILES string of the molecule is CN(C)CCCNC(=O)c1ccc2[nH]c(=O)[nH]c2c1. The van der Waals surface area contributed by atoms with Gasteiger partial charge in [-0.25, -0.2) is 4.79 Å². The van der Waals surface area contributed by atoms with Gasteiger partial charge in [0.05, 0.1) is 11.0 Å². The van der Waals surface area contributed by atoms with Crippen molar-refractivity contribution in [2.24, 2.45) is 0 Å². The van der Waals surface area contributed by atoms with Gasteiger partial charge in [0, 0.05) is 12.1 Å². The summed E-state index contributed by atoms with van der Waals surface area (Å²) in [7, 11) is 4.00. The van der Waals surface area contributed by atoms with Gasteiger partial charge in [0.25, 0.3) is 5.91 Å². The molecule has 3 N–H and O–H groups in total. The Hall–Kier alpha value is -2.08. The molecular weight excluding hydrogens is 244 g/mol. The summed E-state index contributed by atoms with van der Waals surface area (Å²) in [5.41, 5.74) is 1.63. The molecule has 6 heteroatoms. The number of rotatable bonds is 5. The molecule has 6 nitrogen and oxygen atoms in total. The van der Waals surface area contributed by atoms with Crippen LogP contribution >= 0.6 is 0 Å². The molecule has 0 radical (unpaired) electrons. The van der Waals surface area contributed by atoms with Crippen molar-refractivity contribution in [1.29, 1.82) is 0 Å². The zero-order valence-corrected chi connectivity index (χ0v) is 11.1. The molecular formula is C13H18N4O2. The van der Waals surface area contributed by atoms with Gasteiger partial charge in [-0.1, -0.05) is 0 Å². The van der Waals surface area contributed by atoms with Crippen LogP contribution in [0.4, 0.5) is 0 Å². The first kappa shape index (κ1) is 13.4. The molecule has 0 aliphatic rings. The maximum atomic E-state index is 11.9. The van der Waals surface area contributed by atoms with Gasteiger partial charge >= 0.3 is 5.69 Å². The highest BCUT2D eigenvalue weighted by Gasteiger charge is 2.07. The van der Waals surface area contributed by atoms with Gasteiger partial charge in [0.15, 0.2) is 0 Å². The molecule has 19 heavy (non-hydrogen) atoms. The van der Waals surface area contributed by atoms with Crippen LogP contribution in [0.1, 0.15) is 16.8 Å². The quantitative estimate of drug-likeness (QED) is 0.688. The van der Waals surface area contributed by atoms with E-state index in [2.05, 4.69) is 20.2 Å². The van der Waals surface area contributed by atoms with E-state index in [1.807, 2.05) is 14.1 Å². The maximum Gasteiger partial charge on any atom is 0.323 e. The first-order valence-electron chi connectivity index (χ1n) is 6.21. The fourth-order valence-electron chi connectivity index (χ4n) is 1.87. The summed E-state index contributed by atoms with van der Waals surface area (Å²) in [5, 5.41) is 2.86. The molecule has 0 aliphatic carbocycles. The minimum atomic E-state index is -0.265. The molecule has 2 rings (SSSR count). The van der Waals surface area contributed by atoms with Crippen molar-refractivity contribution in [3.63, 3.8) is 0 Å². The van der Waals surface area contributed by atoms with Gasteiger partial charge in [-0.3, -0.25) is 4.79 Å². The second kappa shape index (κ2) is 5.71. The summed E-state index contributed by atoms with van der Waals surface area (Å²) < 4.78 is 0. The molecule has 0 spiro atoms. The number of carbonyl (C=O) groups excluding carboxylic acids is 1. The van der Waals surface area contributed by atoms with E-state index in [0.29, 0.717) is 23.1 Å². The van der Waals surface area contributed by atoms with Crippen molar-refractivity contribution >= 4 is 16.9 Å². The summed E-state index contributed by atoms with van der Waals surface area (Å²) in [6, 6.07) is 5.10. The Balaban J connectivity index is 1.99. The lowest BCUT2D eigenvalue weighted by Crippen LogP contribution is -2.27. The smallest absolute Gasteiger partial charge is 0.323 e. The molecule has 0 atom stereocenters. The normalized spacial score (nSPS) is 11.1. The van der Waals surface area contributed by atoms with Crippen LogP contribution in [0.15, 0.2) is 23.0 Å². The molecule has 2 aromatic rings. The molecule has 0 fully saturated rings. The number of H-pyrrole nitrogens is 2. The molecule has 0 bridgehead atoms. The van der Waals surface area contributed by atoms with Gasteiger partial charge in [0.2, 0.25) is 0 Å². The Morgan fingerprint density at radius 3 is 2.74 bits per heavy atom. The number of amides is 1. The fourth-order valence-corrected chi connectivity index (χ4v) is 1.87. The highest BCUT2D eigenvalue weighted by atomic mass is 16.2. The average Bonchev–Trinajstić information content (AvgIpc) is 2.73. The molecule has 102 valence electrons. The lowest BCUT2D eigenvalue weighted by atomic mass is 10.2. The van der Waals surface area contributed by atoms with Gasteiger partial charge in [-0.2, -0.15) is 0 Å². The van der Waals surface area contributed by atoms with Crippen LogP contribution in [-0.2, 0) is 0 Å². The van der Waals surface area contributed by atoms with E-state index in [0.717, 1.165) is 13.0 Å². The van der Waals surface area contributed by atoms with E-state index in [1.54, 1.807) is 18.2 Å². The number of imidazole rings is 1. The van der Waals surface area contributed by atoms with Crippen LogP contribution in [0.25, 0.3) is 11.0 Å². The van der Waals surface area contributed by atoms with Crippen LogP contribution in [-0.4, -0.2) is 48.0 Å². The second-order valence-corrected chi connectivity index (χ2v) is 4.75. The zero-order valence-electron chi connectivity index (χ0n) is 11.1. The molecule has 1 aromatic heterocycles. The van der Waals surface area contributed by atoms with Crippen molar-refractivity contribution in [1.82, 2.24) is 20.2 Å². The Bertz CT molecular complexity index is 627. The highest BCUT2D eigenvalue weighted by Crippen LogP contribution is 2.09. The van der Waals surface area contributed by atoms with Crippen LogP contribution in [0.2, 0.25) is 0 Å². The van der Waals surface area contributed by atoms with Crippen molar-refractivity contribution in [2.75, 3.05) is 27.2 Å².